The molecule has 2 saturated carbocycles. The summed E-state index contributed by atoms with van der Waals surface area (Å²) >= 11 is 2.09. The highest BCUT2D eigenvalue weighted by atomic mass is 32.2. The van der Waals surface area contributed by atoms with Crippen LogP contribution in [-0.2, 0) is 0 Å². The zero-order valence-corrected chi connectivity index (χ0v) is 8.75. The van der Waals surface area contributed by atoms with Gasteiger partial charge in [0.25, 0.3) is 0 Å². The second-order valence-electron chi connectivity index (χ2n) is 4.53. The number of nitrogens with two attached hydrogens (primary N) is 1. The molecule has 0 radical (unpaired) electrons. The lowest BCUT2D eigenvalue weighted by Crippen LogP contribution is -2.56. The SMILES string of the molecule is CCSC1(CN)CC2(CCC2)C1. The number of rotatable bonds is 3. The van der Waals surface area contributed by atoms with E-state index in [4.69, 9.17) is 5.73 Å². The lowest BCUT2D eigenvalue weighted by molar-refractivity contribution is -0.00135. The molecular weight excluding hydrogens is 166 g/mol. The van der Waals surface area contributed by atoms with Crippen LogP contribution in [0.3, 0.4) is 0 Å². The molecule has 0 aromatic heterocycles. The Kier molecular flexibility index (Phi) is 2.16. The van der Waals surface area contributed by atoms with Crippen molar-refractivity contribution in [3.05, 3.63) is 0 Å². The molecule has 0 amide bonds. The lowest BCUT2D eigenvalue weighted by atomic mass is 9.51. The molecule has 2 rings (SSSR count). The highest BCUT2D eigenvalue weighted by molar-refractivity contribution is 8.00. The Morgan fingerprint density at radius 3 is 2.33 bits per heavy atom. The Balaban J connectivity index is 1.89. The van der Waals surface area contributed by atoms with E-state index >= 15 is 0 Å². The predicted octanol–water partition coefficient (Wildman–Crippen LogP) is 2.40. The minimum Gasteiger partial charge on any atom is -0.329 e. The Morgan fingerprint density at radius 1 is 1.33 bits per heavy atom. The molecule has 0 unspecified atom stereocenters. The first kappa shape index (κ1) is 8.89. The maximum atomic E-state index is 5.83. The Morgan fingerprint density at radius 2 is 2.00 bits per heavy atom. The van der Waals surface area contributed by atoms with E-state index in [1.807, 2.05) is 0 Å². The Labute approximate surface area is 79.5 Å². The van der Waals surface area contributed by atoms with Gasteiger partial charge in [-0.15, -0.1) is 0 Å². The molecule has 12 heavy (non-hydrogen) atoms. The quantitative estimate of drug-likeness (QED) is 0.730. The van der Waals surface area contributed by atoms with E-state index in [2.05, 4.69) is 18.7 Å². The van der Waals surface area contributed by atoms with Crippen LogP contribution in [0.5, 0.6) is 0 Å². The number of thioether (sulfide) groups is 1. The van der Waals surface area contributed by atoms with Crippen LogP contribution in [0.1, 0.15) is 39.0 Å². The molecule has 0 aromatic carbocycles. The third-order valence-electron chi connectivity index (χ3n) is 3.63. The summed E-state index contributed by atoms with van der Waals surface area (Å²) in [5, 5.41) is 0. The second kappa shape index (κ2) is 2.91. The number of hydrogen-bond acceptors (Lipinski definition) is 2. The average molecular weight is 185 g/mol. The summed E-state index contributed by atoms with van der Waals surface area (Å²) in [7, 11) is 0. The van der Waals surface area contributed by atoms with Crippen LogP contribution in [0.2, 0.25) is 0 Å². The maximum absolute atomic E-state index is 5.83. The summed E-state index contributed by atoms with van der Waals surface area (Å²) in [5.74, 6) is 1.23. The first-order chi connectivity index (χ1) is 5.74. The van der Waals surface area contributed by atoms with Gasteiger partial charge in [0.2, 0.25) is 0 Å². The summed E-state index contributed by atoms with van der Waals surface area (Å²) < 4.78 is 0.495. The molecule has 0 heterocycles. The minimum atomic E-state index is 0.495. The van der Waals surface area contributed by atoms with Crippen LogP contribution in [0.4, 0.5) is 0 Å². The van der Waals surface area contributed by atoms with E-state index in [9.17, 15) is 0 Å². The van der Waals surface area contributed by atoms with Crippen LogP contribution >= 0.6 is 11.8 Å². The first-order valence-corrected chi connectivity index (χ1v) is 6.07. The van der Waals surface area contributed by atoms with Crippen molar-refractivity contribution in [2.75, 3.05) is 12.3 Å². The van der Waals surface area contributed by atoms with Gasteiger partial charge in [-0.2, -0.15) is 11.8 Å². The lowest BCUT2D eigenvalue weighted by Gasteiger charge is -2.60. The molecule has 0 aliphatic heterocycles. The van der Waals surface area contributed by atoms with Crippen LogP contribution in [-0.4, -0.2) is 17.0 Å². The van der Waals surface area contributed by atoms with Crippen molar-refractivity contribution in [3.63, 3.8) is 0 Å². The first-order valence-electron chi connectivity index (χ1n) is 5.08. The molecule has 0 aromatic rings. The summed E-state index contributed by atoms with van der Waals surface area (Å²) in [5.41, 5.74) is 6.61. The van der Waals surface area contributed by atoms with Crippen molar-refractivity contribution in [3.8, 4) is 0 Å². The molecule has 2 heteroatoms. The fourth-order valence-electron chi connectivity index (χ4n) is 2.96. The van der Waals surface area contributed by atoms with Crippen LogP contribution in [0.15, 0.2) is 0 Å². The van der Waals surface area contributed by atoms with Gasteiger partial charge in [0.05, 0.1) is 0 Å². The zero-order valence-electron chi connectivity index (χ0n) is 7.94. The second-order valence-corrected chi connectivity index (χ2v) is 6.26. The smallest absolute Gasteiger partial charge is 0.0292 e. The molecule has 2 aliphatic carbocycles. The van der Waals surface area contributed by atoms with E-state index in [0.29, 0.717) is 4.75 Å². The highest BCUT2D eigenvalue weighted by Gasteiger charge is 2.56. The number of hydrogen-bond donors (Lipinski definition) is 1. The Hall–Kier alpha value is 0.310. The third kappa shape index (κ3) is 1.20. The molecule has 0 atom stereocenters. The minimum absolute atomic E-state index is 0.495. The normalized spacial score (nSPS) is 29.5. The summed E-state index contributed by atoms with van der Waals surface area (Å²) in [6, 6.07) is 0. The molecule has 2 aliphatic rings. The molecule has 70 valence electrons. The van der Waals surface area contributed by atoms with E-state index in [-0.39, 0.29) is 0 Å². The predicted molar refractivity (Wildman–Crippen MR) is 55.4 cm³/mol. The van der Waals surface area contributed by atoms with Crippen molar-refractivity contribution < 1.29 is 0 Å². The molecule has 0 saturated heterocycles. The zero-order chi connectivity index (χ0) is 8.66. The summed E-state index contributed by atoms with van der Waals surface area (Å²) in [6.45, 7) is 3.14. The largest absolute Gasteiger partial charge is 0.329 e. The standard InChI is InChI=1S/C10H19NS/c1-2-12-10(8-11)6-9(7-10)4-3-5-9/h2-8,11H2,1H3. The van der Waals surface area contributed by atoms with E-state index in [1.165, 1.54) is 37.9 Å². The van der Waals surface area contributed by atoms with E-state index in [1.54, 1.807) is 0 Å². The molecule has 2 fully saturated rings. The third-order valence-corrected chi connectivity index (χ3v) is 4.99. The van der Waals surface area contributed by atoms with Gasteiger partial charge < -0.3 is 5.73 Å². The van der Waals surface area contributed by atoms with Gasteiger partial charge in [0, 0.05) is 11.3 Å². The van der Waals surface area contributed by atoms with E-state index < -0.39 is 0 Å². The van der Waals surface area contributed by atoms with Crippen molar-refractivity contribution in [1.29, 1.82) is 0 Å². The molecular formula is C10H19NS. The average Bonchev–Trinajstić information content (AvgIpc) is 1.92. The monoisotopic (exact) mass is 185 g/mol. The Bertz CT molecular complexity index is 167. The molecule has 2 N–H and O–H groups in total. The highest BCUT2D eigenvalue weighted by Crippen LogP contribution is 2.64. The van der Waals surface area contributed by atoms with Gasteiger partial charge >= 0.3 is 0 Å². The van der Waals surface area contributed by atoms with Gasteiger partial charge in [0.1, 0.15) is 0 Å². The van der Waals surface area contributed by atoms with Crippen molar-refractivity contribution in [2.24, 2.45) is 11.1 Å². The van der Waals surface area contributed by atoms with Crippen molar-refractivity contribution in [2.45, 2.75) is 43.8 Å². The molecule has 0 bridgehead atoms. The fourth-order valence-corrected chi connectivity index (χ4v) is 4.50. The van der Waals surface area contributed by atoms with Gasteiger partial charge in [-0.3, -0.25) is 0 Å². The van der Waals surface area contributed by atoms with Gasteiger partial charge in [-0.1, -0.05) is 13.3 Å². The van der Waals surface area contributed by atoms with Crippen LogP contribution in [0.25, 0.3) is 0 Å². The van der Waals surface area contributed by atoms with E-state index in [0.717, 1.165) is 12.0 Å². The van der Waals surface area contributed by atoms with Crippen molar-refractivity contribution in [1.82, 2.24) is 0 Å². The fraction of sp³-hybridized carbons (Fsp3) is 1.00. The summed E-state index contributed by atoms with van der Waals surface area (Å²) in [4.78, 5) is 0. The van der Waals surface area contributed by atoms with Crippen molar-refractivity contribution >= 4 is 11.8 Å². The van der Waals surface area contributed by atoms with Gasteiger partial charge in [0.15, 0.2) is 0 Å². The van der Waals surface area contributed by atoms with Gasteiger partial charge in [-0.25, -0.2) is 0 Å². The molecule has 1 nitrogen and oxygen atoms in total. The van der Waals surface area contributed by atoms with Gasteiger partial charge in [-0.05, 0) is 36.9 Å². The van der Waals surface area contributed by atoms with Crippen LogP contribution < -0.4 is 5.73 Å². The summed E-state index contributed by atoms with van der Waals surface area (Å²) in [6.07, 6.45) is 7.26. The molecule has 1 spiro atoms. The topological polar surface area (TPSA) is 26.0 Å². The maximum Gasteiger partial charge on any atom is 0.0292 e. The van der Waals surface area contributed by atoms with Crippen LogP contribution in [0, 0.1) is 5.41 Å².